The highest BCUT2D eigenvalue weighted by atomic mass is 127. The molecule has 2 nitrogen and oxygen atoms in total. The first-order chi connectivity index (χ1) is 6.56. The summed E-state index contributed by atoms with van der Waals surface area (Å²) in [6.07, 6.45) is 0.333. The smallest absolute Gasteiger partial charge is 0.310 e. The first-order valence-corrected chi connectivity index (χ1v) is 5.93. The zero-order valence-electron chi connectivity index (χ0n) is 7.93. The van der Waals surface area contributed by atoms with Crippen molar-refractivity contribution in [3.05, 3.63) is 31.3 Å². The molecule has 0 unspecified atom stereocenters. The van der Waals surface area contributed by atoms with Gasteiger partial charge in [0, 0.05) is 8.04 Å². The van der Waals surface area contributed by atoms with E-state index in [9.17, 15) is 4.79 Å². The summed E-state index contributed by atoms with van der Waals surface area (Å²) in [6.45, 7) is 1.99. The molecule has 0 aliphatic rings. The van der Waals surface area contributed by atoms with Crippen molar-refractivity contribution in [3.8, 4) is 0 Å². The summed E-state index contributed by atoms with van der Waals surface area (Å²) < 4.78 is 6.74. The molecule has 0 atom stereocenters. The number of esters is 1. The molecule has 0 saturated heterocycles. The molecule has 0 spiro atoms. The van der Waals surface area contributed by atoms with Crippen LogP contribution in [0.1, 0.15) is 11.1 Å². The number of aryl methyl sites for hydroxylation is 1. The highest BCUT2D eigenvalue weighted by Gasteiger charge is 2.11. The lowest BCUT2D eigenvalue weighted by molar-refractivity contribution is -0.139. The summed E-state index contributed by atoms with van der Waals surface area (Å²) >= 11 is 5.66. The molecule has 0 fully saturated rings. The van der Waals surface area contributed by atoms with Gasteiger partial charge in [0.25, 0.3) is 0 Å². The van der Waals surface area contributed by atoms with Gasteiger partial charge < -0.3 is 4.74 Å². The fraction of sp³-hybridized carbons (Fsp3) is 0.300. The fourth-order valence-electron chi connectivity index (χ4n) is 1.12. The highest BCUT2D eigenvalue weighted by molar-refractivity contribution is 14.1. The second-order valence-electron chi connectivity index (χ2n) is 2.91. The minimum Gasteiger partial charge on any atom is -0.469 e. The third-order valence-corrected chi connectivity index (χ3v) is 4.61. The number of ether oxygens (including phenoxy) is 1. The van der Waals surface area contributed by atoms with E-state index in [1.807, 2.05) is 19.1 Å². The maximum absolute atomic E-state index is 11.2. The summed E-state index contributed by atoms with van der Waals surface area (Å²) in [7, 11) is 1.41. The highest BCUT2D eigenvalue weighted by Crippen LogP contribution is 2.25. The lowest BCUT2D eigenvalue weighted by atomic mass is 10.1. The molecule has 14 heavy (non-hydrogen) atoms. The predicted molar refractivity (Wildman–Crippen MR) is 67.3 cm³/mol. The van der Waals surface area contributed by atoms with Crippen LogP contribution >= 0.6 is 38.5 Å². The Morgan fingerprint density at radius 3 is 2.79 bits per heavy atom. The number of hydrogen-bond donors (Lipinski definition) is 0. The van der Waals surface area contributed by atoms with Gasteiger partial charge in [0.2, 0.25) is 0 Å². The monoisotopic (exact) mass is 368 g/mol. The maximum atomic E-state index is 11.2. The zero-order chi connectivity index (χ0) is 10.7. The number of methoxy groups -OCH3 is 1. The normalized spacial score (nSPS) is 10.0. The average molecular weight is 369 g/mol. The molecule has 76 valence electrons. The molecule has 0 amide bonds. The van der Waals surface area contributed by atoms with Crippen molar-refractivity contribution in [2.45, 2.75) is 13.3 Å². The van der Waals surface area contributed by atoms with Crippen molar-refractivity contribution >= 4 is 44.5 Å². The molecule has 1 rings (SSSR count). The number of carbonyl (C=O) groups excluding carboxylic acids is 1. The Kier molecular flexibility index (Phi) is 4.37. The molecule has 0 N–H and O–H groups in total. The quantitative estimate of drug-likeness (QED) is 0.592. The van der Waals surface area contributed by atoms with Crippen LogP contribution in [0, 0.1) is 10.5 Å². The minimum absolute atomic E-state index is 0.205. The maximum Gasteiger partial charge on any atom is 0.310 e. The van der Waals surface area contributed by atoms with Crippen molar-refractivity contribution in [2.24, 2.45) is 0 Å². The Morgan fingerprint density at radius 2 is 2.21 bits per heavy atom. The second-order valence-corrected chi connectivity index (χ2v) is 4.84. The largest absolute Gasteiger partial charge is 0.469 e. The number of hydrogen-bond acceptors (Lipinski definition) is 2. The molecule has 0 bridgehead atoms. The third kappa shape index (κ3) is 2.70. The van der Waals surface area contributed by atoms with Crippen LogP contribution < -0.4 is 0 Å². The van der Waals surface area contributed by atoms with Crippen molar-refractivity contribution < 1.29 is 9.53 Å². The predicted octanol–water partition coefficient (Wildman–Crippen LogP) is 3.08. The molecule has 0 radical (unpaired) electrons. The molecule has 4 heteroatoms. The van der Waals surface area contributed by atoms with Crippen molar-refractivity contribution in [1.29, 1.82) is 0 Å². The summed E-state index contributed by atoms with van der Waals surface area (Å²) in [6, 6.07) is 3.97. The first-order valence-electron chi connectivity index (χ1n) is 4.06. The van der Waals surface area contributed by atoms with E-state index < -0.39 is 0 Å². The Labute approximate surface area is 105 Å². The lowest BCUT2D eigenvalue weighted by Crippen LogP contribution is -2.07. The van der Waals surface area contributed by atoms with Crippen LogP contribution in [0.4, 0.5) is 0 Å². The molecule has 1 aromatic rings. The van der Waals surface area contributed by atoms with Gasteiger partial charge in [0.15, 0.2) is 0 Å². The van der Waals surface area contributed by atoms with Crippen molar-refractivity contribution in [1.82, 2.24) is 0 Å². The van der Waals surface area contributed by atoms with E-state index in [4.69, 9.17) is 0 Å². The molecule has 0 heterocycles. The van der Waals surface area contributed by atoms with Crippen LogP contribution in [0.25, 0.3) is 0 Å². The number of benzene rings is 1. The molecule has 0 aliphatic carbocycles. The minimum atomic E-state index is -0.205. The Balaban J connectivity index is 3.06. The van der Waals surface area contributed by atoms with Crippen LogP contribution in [0.2, 0.25) is 0 Å². The SMILES string of the molecule is COC(=O)Cc1c(C)ccc(Br)c1I. The Morgan fingerprint density at radius 1 is 1.57 bits per heavy atom. The lowest BCUT2D eigenvalue weighted by Gasteiger charge is -2.08. The molecule has 0 aliphatic heterocycles. The first kappa shape index (κ1) is 12.0. The van der Waals surface area contributed by atoms with E-state index in [1.54, 1.807) is 0 Å². The standard InChI is InChI=1S/C10H10BrIO2/c1-6-3-4-8(11)10(12)7(6)5-9(13)14-2/h3-4H,5H2,1-2H3. The molecule has 0 saturated carbocycles. The van der Waals surface area contributed by atoms with Gasteiger partial charge in [-0.25, -0.2) is 0 Å². The van der Waals surface area contributed by atoms with Gasteiger partial charge in [-0.05, 0) is 62.6 Å². The van der Waals surface area contributed by atoms with Gasteiger partial charge in [-0.3, -0.25) is 4.79 Å². The van der Waals surface area contributed by atoms with Crippen LogP contribution in [0.5, 0.6) is 0 Å². The second kappa shape index (κ2) is 5.11. The van der Waals surface area contributed by atoms with E-state index in [-0.39, 0.29) is 5.97 Å². The van der Waals surface area contributed by atoms with E-state index >= 15 is 0 Å². The fourth-order valence-corrected chi connectivity index (χ4v) is 2.29. The van der Waals surface area contributed by atoms with Crippen LogP contribution in [0.15, 0.2) is 16.6 Å². The van der Waals surface area contributed by atoms with Gasteiger partial charge in [-0.1, -0.05) is 6.07 Å². The van der Waals surface area contributed by atoms with E-state index in [2.05, 4.69) is 43.3 Å². The van der Waals surface area contributed by atoms with E-state index in [0.717, 1.165) is 19.2 Å². The molecule has 1 aromatic carbocycles. The van der Waals surface area contributed by atoms with Gasteiger partial charge >= 0.3 is 5.97 Å². The van der Waals surface area contributed by atoms with Gasteiger partial charge in [0.1, 0.15) is 0 Å². The Hall–Kier alpha value is -0.100. The van der Waals surface area contributed by atoms with E-state index in [0.29, 0.717) is 6.42 Å². The van der Waals surface area contributed by atoms with Crippen LogP contribution in [-0.4, -0.2) is 13.1 Å². The van der Waals surface area contributed by atoms with E-state index in [1.165, 1.54) is 7.11 Å². The van der Waals surface area contributed by atoms with Gasteiger partial charge in [-0.2, -0.15) is 0 Å². The average Bonchev–Trinajstić information content (AvgIpc) is 2.18. The summed E-state index contributed by atoms with van der Waals surface area (Å²) in [5.74, 6) is -0.205. The summed E-state index contributed by atoms with van der Waals surface area (Å²) in [5, 5.41) is 0. The summed E-state index contributed by atoms with van der Waals surface area (Å²) in [4.78, 5) is 11.2. The van der Waals surface area contributed by atoms with Crippen LogP contribution in [-0.2, 0) is 16.0 Å². The zero-order valence-corrected chi connectivity index (χ0v) is 11.7. The third-order valence-electron chi connectivity index (χ3n) is 1.98. The number of carbonyl (C=O) groups is 1. The van der Waals surface area contributed by atoms with Gasteiger partial charge in [0.05, 0.1) is 13.5 Å². The Bertz CT molecular complexity index is 363. The topological polar surface area (TPSA) is 26.3 Å². The van der Waals surface area contributed by atoms with Gasteiger partial charge in [-0.15, -0.1) is 0 Å². The molecule has 0 aromatic heterocycles. The number of rotatable bonds is 2. The molecular formula is C10H10BrIO2. The molecular weight excluding hydrogens is 359 g/mol. The summed E-state index contributed by atoms with van der Waals surface area (Å²) in [5.41, 5.74) is 2.15. The van der Waals surface area contributed by atoms with Crippen molar-refractivity contribution in [3.63, 3.8) is 0 Å². The number of halogens is 2. The van der Waals surface area contributed by atoms with Crippen LogP contribution in [0.3, 0.4) is 0 Å². The van der Waals surface area contributed by atoms with Crippen molar-refractivity contribution in [2.75, 3.05) is 7.11 Å².